The van der Waals surface area contributed by atoms with Crippen LogP contribution in [0.25, 0.3) is 17.4 Å². The van der Waals surface area contributed by atoms with Gasteiger partial charge in [0.25, 0.3) is 5.69 Å². The molecule has 0 fully saturated rings. The topological polar surface area (TPSA) is 115 Å². The smallest absolute Gasteiger partial charge is 0.344 e. The molecule has 0 amide bonds. The maximum absolute atomic E-state index is 12.5. The van der Waals surface area contributed by atoms with Gasteiger partial charge in [-0.05, 0) is 43.3 Å². The van der Waals surface area contributed by atoms with Crippen molar-refractivity contribution in [3.8, 4) is 11.3 Å². The number of nitrogens with zero attached hydrogens (tertiary/aromatic N) is 2. The number of para-hydroxylation sites is 2. The van der Waals surface area contributed by atoms with E-state index in [9.17, 15) is 20.0 Å². The number of aliphatic hydroxyl groups is 1. The number of carbonyl (C=O) groups is 1. The molecule has 1 aliphatic heterocycles. The van der Waals surface area contributed by atoms with Crippen molar-refractivity contribution in [1.82, 2.24) is 0 Å². The van der Waals surface area contributed by atoms with Crippen LogP contribution in [0.4, 0.5) is 11.4 Å². The number of esters is 1. The monoisotopic (exact) mass is 462 g/mol. The minimum Gasteiger partial charge on any atom is -0.506 e. The van der Waals surface area contributed by atoms with Crippen molar-refractivity contribution in [2.24, 2.45) is 4.99 Å². The van der Waals surface area contributed by atoms with Crippen molar-refractivity contribution in [2.75, 3.05) is 6.61 Å². The minimum absolute atomic E-state index is 0.0255. The number of furan rings is 1. The quantitative estimate of drug-likeness (QED) is 0.269. The van der Waals surface area contributed by atoms with Crippen LogP contribution in [0.1, 0.15) is 12.7 Å². The molecule has 0 saturated heterocycles. The molecule has 0 radical (unpaired) electrons. The predicted molar refractivity (Wildman–Crippen MR) is 126 cm³/mol. The Kier molecular flexibility index (Phi) is 6.41. The molecule has 166 valence electrons. The lowest BCUT2D eigenvalue weighted by atomic mass is 10.1. The molecule has 0 unspecified atom stereocenters. The van der Waals surface area contributed by atoms with Crippen LogP contribution in [0, 0.1) is 10.1 Å². The molecule has 2 heterocycles. The summed E-state index contributed by atoms with van der Waals surface area (Å²) < 4.78 is 10.9. The highest BCUT2D eigenvalue weighted by Gasteiger charge is 2.33. The number of rotatable bonds is 6. The molecule has 0 spiro atoms. The molecule has 1 N–H and O–H groups in total. The van der Waals surface area contributed by atoms with Gasteiger partial charge in [0.05, 0.1) is 27.7 Å². The van der Waals surface area contributed by atoms with Crippen LogP contribution in [0.3, 0.4) is 0 Å². The third-order valence-electron chi connectivity index (χ3n) is 4.62. The zero-order chi connectivity index (χ0) is 23.4. The number of thioether (sulfide) groups is 1. The predicted octanol–water partition coefficient (Wildman–Crippen LogP) is 6.05. The van der Waals surface area contributed by atoms with E-state index in [1.54, 1.807) is 55.5 Å². The van der Waals surface area contributed by atoms with Gasteiger partial charge >= 0.3 is 5.97 Å². The second-order valence-corrected chi connectivity index (χ2v) is 7.81. The van der Waals surface area contributed by atoms with Crippen LogP contribution in [0.2, 0.25) is 0 Å². The second kappa shape index (κ2) is 9.58. The lowest BCUT2D eigenvalue weighted by Gasteiger charge is -2.03. The highest BCUT2D eigenvalue weighted by Crippen LogP contribution is 2.41. The fourth-order valence-electron chi connectivity index (χ4n) is 3.16. The third-order valence-corrected chi connectivity index (χ3v) is 5.64. The van der Waals surface area contributed by atoms with E-state index in [0.29, 0.717) is 32.7 Å². The van der Waals surface area contributed by atoms with Gasteiger partial charge in [-0.1, -0.05) is 42.1 Å². The Hall–Kier alpha value is -4.11. The van der Waals surface area contributed by atoms with Crippen molar-refractivity contribution < 1.29 is 24.0 Å². The van der Waals surface area contributed by atoms with E-state index >= 15 is 0 Å². The van der Waals surface area contributed by atoms with Crippen LogP contribution in [-0.2, 0) is 9.53 Å². The summed E-state index contributed by atoms with van der Waals surface area (Å²) in [5, 5.41) is 22.4. The van der Waals surface area contributed by atoms with Crippen molar-refractivity contribution in [3.63, 3.8) is 0 Å². The summed E-state index contributed by atoms with van der Waals surface area (Å²) in [5.74, 6) is -0.289. The van der Waals surface area contributed by atoms with E-state index in [4.69, 9.17) is 9.15 Å². The summed E-state index contributed by atoms with van der Waals surface area (Å²) in [6, 6.07) is 18.5. The zero-order valence-corrected chi connectivity index (χ0v) is 18.2. The summed E-state index contributed by atoms with van der Waals surface area (Å²) in [6.45, 7) is 1.82. The van der Waals surface area contributed by atoms with E-state index in [2.05, 4.69) is 4.99 Å². The van der Waals surface area contributed by atoms with Crippen LogP contribution in [0.15, 0.2) is 92.4 Å². The summed E-state index contributed by atoms with van der Waals surface area (Å²) in [6.07, 6.45) is 1.55. The van der Waals surface area contributed by atoms with Crippen molar-refractivity contribution in [1.29, 1.82) is 0 Å². The summed E-state index contributed by atoms with van der Waals surface area (Å²) in [4.78, 5) is 28.2. The molecule has 2 aromatic carbocycles. The molecule has 0 saturated carbocycles. The molecule has 0 aliphatic carbocycles. The number of hydrogen-bond acceptors (Lipinski definition) is 8. The number of benzene rings is 2. The molecule has 1 aliphatic rings. The average Bonchev–Trinajstić information content (AvgIpc) is 3.39. The van der Waals surface area contributed by atoms with Gasteiger partial charge in [-0.15, -0.1) is 0 Å². The largest absolute Gasteiger partial charge is 0.506 e. The number of carbonyl (C=O) groups excluding carboxylic acids is 1. The van der Waals surface area contributed by atoms with Crippen molar-refractivity contribution in [3.05, 3.63) is 98.8 Å². The number of nitro groups is 1. The molecular formula is C24H18N2O6S. The van der Waals surface area contributed by atoms with E-state index < -0.39 is 10.9 Å². The van der Waals surface area contributed by atoms with Gasteiger partial charge < -0.3 is 14.3 Å². The van der Waals surface area contributed by atoms with E-state index in [1.165, 1.54) is 6.07 Å². The van der Waals surface area contributed by atoms with Crippen LogP contribution < -0.4 is 0 Å². The highest BCUT2D eigenvalue weighted by atomic mass is 32.2. The fourth-order valence-corrected chi connectivity index (χ4v) is 4.17. The summed E-state index contributed by atoms with van der Waals surface area (Å²) >= 11 is 1.10. The van der Waals surface area contributed by atoms with E-state index in [-0.39, 0.29) is 23.6 Å². The van der Waals surface area contributed by atoms with Gasteiger partial charge in [0.2, 0.25) is 0 Å². The van der Waals surface area contributed by atoms with Gasteiger partial charge in [-0.3, -0.25) is 10.1 Å². The third kappa shape index (κ3) is 4.73. The molecule has 0 atom stereocenters. The first-order chi connectivity index (χ1) is 16.0. The van der Waals surface area contributed by atoms with Crippen LogP contribution >= 0.6 is 11.8 Å². The Bertz CT molecular complexity index is 1310. The molecule has 0 bridgehead atoms. The Balaban J connectivity index is 1.71. The number of aliphatic hydroxyl groups excluding tert-OH is 1. The van der Waals surface area contributed by atoms with Crippen LogP contribution in [-0.4, -0.2) is 27.6 Å². The normalized spacial score (nSPS) is 15.9. The fraction of sp³-hybridized carbons (Fsp3) is 0.0833. The number of ether oxygens (including phenoxy) is 1. The van der Waals surface area contributed by atoms with Gasteiger partial charge in [0.1, 0.15) is 27.9 Å². The molecular weight excluding hydrogens is 444 g/mol. The number of aliphatic imine (C=N–C) groups is 1. The molecule has 3 aromatic rings. The molecule has 1 aromatic heterocycles. The van der Waals surface area contributed by atoms with E-state index in [1.807, 2.05) is 18.2 Å². The standard InChI is InChI=1S/C24H18N2O6S/c1-2-31-24(28)21-22(27)20(33-23(21)25-15-8-4-3-5-9-15)14-16-12-13-19(32-16)17-10-6-7-11-18(17)26(29)30/h3-14,27H,2H2,1H3/b20-14-,25-23?. The number of hydrogen-bond donors (Lipinski definition) is 1. The molecule has 4 rings (SSSR count). The average molecular weight is 462 g/mol. The number of nitro benzene ring substituents is 1. The first kappa shape index (κ1) is 22.1. The molecule has 9 heteroatoms. The minimum atomic E-state index is -0.680. The SMILES string of the molecule is CCOC(=O)C1=C(O)/C(=C/c2ccc(-c3ccccc3[N+](=O)[O-])o2)SC1=Nc1ccccc1. The maximum atomic E-state index is 12.5. The van der Waals surface area contributed by atoms with Crippen LogP contribution in [0.5, 0.6) is 0 Å². The molecule has 33 heavy (non-hydrogen) atoms. The summed E-state index contributed by atoms with van der Waals surface area (Å²) in [7, 11) is 0. The van der Waals surface area contributed by atoms with Crippen molar-refractivity contribution >= 4 is 40.2 Å². The lowest BCUT2D eigenvalue weighted by molar-refractivity contribution is -0.384. The zero-order valence-electron chi connectivity index (χ0n) is 17.4. The first-order valence-corrected chi connectivity index (χ1v) is 10.8. The summed E-state index contributed by atoms with van der Waals surface area (Å²) in [5.41, 5.74) is 0.852. The van der Waals surface area contributed by atoms with Crippen molar-refractivity contribution in [2.45, 2.75) is 6.92 Å². The second-order valence-electron chi connectivity index (χ2n) is 6.78. The van der Waals surface area contributed by atoms with Gasteiger partial charge in [0.15, 0.2) is 0 Å². The lowest BCUT2D eigenvalue weighted by Crippen LogP contribution is -2.12. The maximum Gasteiger partial charge on any atom is 0.344 e. The van der Waals surface area contributed by atoms with Gasteiger partial charge in [0, 0.05) is 6.07 Å². The first-order valence-electron chi connectivity index (χ1n) is 9.96. The van der Waals surface area contributed by atoms with Gasteiger partial charge in [-0.2, -0.15) is 0 Å². The molecule has 8 nitrogen and oxygen atoms in total. The highest BCUT2D eigenvalue weighted by molar-refractivity contribution is 8.18. The Morgan fingerprint density at radius 1 is 1.15 bits per heavy atom. The van der Waals surface area contributed by atoms with E-state index in [0.717, 1.165) is 11.8 Å². The Labute approximate surface area is 193 Å². The Morgan fingerprint density at radius 2 is 1.88 bits per heavy atom. The van der Waals surface area contributed by atoms with Gasteiger partial charge in [-0.25, -0.2) is 9.79 Å². The Morgan fingerprint density at radius 3 is 2.61 bits per heavy atom.